The third-order valence-electron chi connectivity index (χ3n) is 9.25. The van der Waals surface area contributed by atoms with Gasteiger partial charge in [-0.3, -0.25) is 20.0 Å². The van der Waals surface area contributed by atoms with Gasteiger partial charge in [0.1, 0.15) is 5.69 Å². The molecule has 1 aromatic carbocycles. The summed E-state index contributed by atoms with van der Waals surface area (Å²) in [6, 6.07) is 11.5. The van der Waals surface area contributed by atoms with E-state index in [1.807, 2.05) is 36.3 Å². The highest BCUT2D eigenvalue weighted by Crippen LogP contribution is 2.50. The maximum absolute atomic E-state index is 13.2. The number of piperidine rings is 1. The van der Waals surface area contributed by atoms with E-state index in [0.29, 0.717) is 35.2 Å². The summed E-state index contributed by atoms with van der Waals surface area (Å²) in [7, 11) is 1.69. The fraction of sp³-hybridized carbons (Fsp3) is 0.455. The first kappa shape index (κ1) is 30.9. The van der Waals surface area contributed by atoms with Crippen molar-refractivity contribution in [3.05, 3.63) is 82.2 Å². The highest BCUT2D eigenvalue weighted by Gasteiger charge is 2.44. The number of methoxy groups -OCH3 is 1. The van der Waals surface area contributed by atoms with Crippen molar-refractivity contribution in [2.45, 2.75) is 63.5 Å². The zero-order valence-electron chi connectivity index (χ0n) is 25.5. The standard InChI is InChI=1S/C33H34ClF3N6O3/c1-31(27-7-6-23(34)17-39-27)45-26-5-3-4-24(28(26)46-31)20-8-12-43(13-9-20)18-25-21(15-32(10-11-32)19-44-2)14-22(16-38-25)29-40-30(42-41-29)33(35,36)37/h3-7,14,16-17,20H,8-13,15,18-19H2,1-2H3,(H,40,41,42)/t31-/m1/s1. The Morgan fingerprint density at radius 3 is 2.57 bits per heavy atom. The van der Waals surface area contributed by atoms with Gasteiger partial charge in [0.2, 0.25) is 5.82 Å². The summed E-state index contributed by atoms with van der Waals surface area (Å²) in [5, 5.41) is 6.37. The van der Waals surface area contributed by atoms with Crippen molar-refractivity contribution >= 4 is 11.6 Å². The average molecular weight is 655 g/mol. The molecule has 0 amide bonds. The Labute approximate surface area is 269 Å². The summed E-state index contributed by atoms with van der Waals surface area (Å²) in [5.74, 6) is -0.439. The number of H-pyrrole nitrogens is 1. The van der Waals surface area contributed by atoms with E-state index < -0.39 is 17.8 Å². The van der Waals surface area contributed by atoms with Gasteiger partial charge >= 0.3 is 6.18 Å². The Morgan fingerprint density at radius 2 is 1.89 bits per heavy atom. The molecule has 7 rings (SSSR count). The number of pyridine rings is 2. The van der Waals surface area contributed by atoms with E-state index in [0.717, 1.165) is 67.8 Å². The summed E-state index contributed by atoms with van der Waals surface area (Å²) in [6.45, 7) is 4.84. The second-order valence-corrected chi connectivity index (χ2v) is 13.1. The first-order chi connectivity index (χ1) is 22.0. The molecule has 2 fully saturated rings. The van der Waals surface area contributed by atoms with Crippen molar-refractivity contribution in [1.29, 1.82) is 0 Å². The number of hydrogen-bond donors (Lipinski definition) is 1. The number of para-hydroxylation sites is 1. The van der Waals surface area contributed by atoms with Gasteiger partial charge in [0.05, 0.1) is 17.3 Å². The van der Waals surface area contributed by atoms with Gasteiger partial charge in [0, 0.05) is 44.1 Å². The van der Waals surface area contributed by atoms with Gasteiger partial charge < -0.3 is 14.2 Å². The maximum atomic E-state index is 13.2. The van der Waals surface area contributed by atoms with Gasteiger partial charge in [-0.2, -0.15) is 18.3 Å². The SMILES string of the molecule is COCC1(Cc2cc(-c3n[nH]c(C(F)(F)F)n3)cnc2CN2CCC(c3cccc4c3O[C@](C)(c3ccc(Cl)cn3)O4)CC2)CC1. The van der Waals surface area contributed by atoms with Crippen LogP contribution in [-0.2, 0) is 29.7 Å². The number of ether oxygens (including phenoxy) is 3. The summed E-state index contributed by atoms with van der Waals surface area (Å²) < 4.78 is 57.7. The van der Waals surface area contributed by atoms with Crippen LogP contribution >= 0.6 is 11.6 Å². The number of nitrogens with one attached hydrogen (secondary N) is 1. The van der Waals surface area contributed by atoms with Gasteiger partial charge in [0.15, 0.2) is 17.3 Å². The van der Waals surface area contributed by atoms with Crippen LogP contribution in [0, 0.1) is 5.41 Å². The second-order valence-electron chi connectivity index (χ2n) is 12.7. The Kier molecular flexibility index (Phi) is 7.93. The predicted molar refractivity (Wildman–Crippen MR) is 163 cm³/mol. The molecule has 242 valence electrons. The van der Waals surface area contributed by atoms with Crippen LogP contribution in [0.4, 0.5) is 13.2 Å². The lowest BCUT2D eigenvalue weighted by molar-refractivity contribution is -0.144. The van der Waals surface area contributed by atoms with E-state index in [9.17, 15) is 13.2 Å². The number of hydrogen-bond acceptors (Lipinski definition) is 8. The quantitative estimate of drug-likeness (QED) is 0.208. The highest BCUT2D eigenvalue weighted by atomic mass is 35.5. The van der Waals surface area contributed by atoms with Gasteiger partial charge in [-0.1, -0.05) is 23.7 Å². The third-order valence-corrected chi connectivity index (χ3v) is 9.47. The largest absolute Gasteiger partial charge is 0.451 e. The fourth-order valence-corrected chi connectivity index (χ4v) is 6.68. The number of halogens is 4. The molecule has 0 spiro atoms. The molecule has 1 saturated carbocycles. The number of nitrogens with zero attached hydrogens (tertiary/aromatic N) is 5. The van der Waals surface area contributed by atoms with Crippen LogP contribution < -0.4 is 9.47 Å². The zero-order chi connectivity index (χ0) is 32.1. The van der Waals surface area contributed by atoms with Gasteiger partial charge in [-0.05, 0) is 86.4 Å². The summed E-state index contributed by atoms with van der Waals surface area (Å²) in [5.41, 5.74) is 4.16. The van der Waals surface area contributed by atoms with Crippen LogP contribution in [0.1, 0.15) is 66.9 Å². The van der Waals surface area contributed by atoms with Crippen LogP contribution in [-0.4, -0.2) is 56.9 Å². The molecule has 46 heavy (non-hydrogen) atoms. The first-order valence-electron chi connectivity index (χ1n) is 15.4. The first-order valence-corrected chi connectivity index (χ1v) is 15.7. The molecule has 0 radical (unpaired) electrons. The van der Waals surface area contributed by atoms with E-state index in [1.165, 1.54) is 0 Å². The molecule has 1 N–H and O–H groups in total. The van der Waals surface area contributed by atoms with Crippen molar-refractivity contribution < 1.29 is 27.4 Å². The zero-order valence-corrected chi connectivity index (χ0v) is 26.3. The molecule has 1 atom stereocenters. The number of fused-ring (bicyclic) bond motifs is 1. The molecule has 5 heterocycles. The molecule has 9 nitrogen and oxygen atoms in total. The Hall–Kier alpha value is -3.74. The van der Waals surface area contributed by atoms with Gasteiger partial charge in [0.25, 0.3) is 5.79 Å². The molecule has 2 aliphatic heterocycles. The number of alkyl halides is 3. The monoisotopic (exact) mass is 654 g/mol. The van der Waals surface area contributed by atoms with E-state index in [4.69, 9.17) is 30.8 Å². The summed E-state index contributed by atoms with van der Waals surface area (Å²) in [6.07, 6.45) is 3.21. The minimum absolute atomic E-state index is 0.0189. The molecule has 1 saturated heterocycles. The lowest BCUT2D eigenvalue weighted by Crippen LogP contribution is -2.34. The molecule has 0 unspecified atom stereocenters. The molecule has 3 aliphatic rings. The minimum atomic E-state index is -4.60. The third kappa shape index (κ3) is 6.17. The Bertz CT molecular complexity index is 1720. The average Bonchev–Trinajstić information content (AvgIpc) is 3.42. The number of benzene rings is 1. The van der Waals surface area contributed by atoms with Crippen LogP contribution in [0.3, 0.4) is 0 Å². The van der Waals surface area contributed by atoms with Crippen molar-refractivity contribution in [2.75, 3.05) is 26.8 Å². The van der Waals surface area contributed by atoms with E-state index in [-0.39, 0.29) is 17.2 Å². The van der Waals surface area contributed by atoms with Gasteiger partial charge in [-0.15, -0.1) is 0 Å². The Balaban J connectivity index is 1.06. The maximum Gasteiger partial charge on any atom is 0.451 e. The lowest BCUT2D eigenvalue weighted by Gasteiger charge is -2.33. The van der Waals surface area contributed by atoms with Crippen LogP contribution in [0.5, 0.6) is 11.5 Å². The van der Waals surface area contributed by atoms with E-state index in [1.54, 1.807) is 25.6 Å². The van der Waals surface area contributed by atoms with Crippen LogP contribution in [0.15, 0.2) is 48.8 Å². The number of aromatic amines is 1. The van der Waals surface area contributed by atoms with Crippen molar-refractivity contribution in [3.63, 3.8) is 0 Å². The molecule has 1 aliphatic carbocycles. The number of rotatable bonds is 9. The molecular weight excluding hydrogens is 621 g/mol. The summed E-state index contributed by atoms with van der Waals surface area (Å²) in [4.78, 5) is 15.3. The van der Waals surface area contributed by atoms with Crippen molar-refractivity contribution in [2.24, 2.45) is 5.41 Å². The molecule has 0 bridgehead atoms. The topological polar surface area (TPSA) is 98.3 Å². The summed E-state index contributed by atoms with van der Waals surface area (Å²) >= 11 is 6.04. The fourth-order valence-electron chi connectivity index (χ4n) is 6.57. The van der Waals surface area contributed by atoms with Crippen molar-refractivity contribution in [1.82, 2.24) is 30.0 Å². The second kappa shape index (κ2) is 11.8. The van der Waals surface area contributed by atoms with E-state index in [2.05, 4.69) is 26.0 Å². The van der Waals surface area contributed by atoms with Crippen LogP contribution in [0.2, 0.25) is 5.02 Å². The molecule has 13 heteroatoms. The highest BCUT2D eigenvalue weighted by molar-refractivity contribution is 6.30. The van der Waals surface area contributed by atoms with Gasteiger partial charge in [-0.25, -0.2) is 4.98 Å². The minimum Gasteiger partial charge on any atom is -0.443 e. The smallest absolute Gasteiger partial charge is 0.443 e. The van der Waals surface area contributed by atoms with E-state index >= 15 is 0 Å². The Morgan fingerprint density at radius 1 is 1.09 bits per heavy atom. The number of aromatic nitrogens is 5. The number of likely N-dealkylation sites (tertiary alicyclic amines) is 1. The molecule has 4 aromatic rings. The molecular formula is C33H34ClF3N6O3. The lowest BCUT2D eigenvalue weighted by atomic mass is 9.88. The predicted octanol–water partition coefficient (Wildman–Crippen LogP) is 6.93. The molecule has 3 aromatic heterocycles. The van der Waals surface area contributed by atoms with Crippen LogP contribution in [0.25, 0.3) is 11.4 Å². The van der Waals surface area contributed by atoms with Crippen molar-refractivity contribution in [3.8, 4) is 22.9 Å². The normalized spacial score (nSPS) is 21.1.